The van der Waals surface area contributed by atoms with Crippen LogP contribution in [0.25, 0.3) is 0 Å². The molecule has 0 aliphatic heterocycles. The van der Waals surface area contributed by atoms with Gasteiger partial charge in [0.1, 0.15) is 17.5 Å². The number of aliphatic carboxylic acids is 1. The topological polar surface area (TPSA) is 75.5 Å². The van der Waals surface area contributed by atoms with Crippen molar-refractivity contribution in [1.29, 1.82) is 0 Å². The predicted octanol–water partition coefficient (Wildman–Crippen LogP) is 0.667. The summed E-state index contributed by atoms with van der Waals surface area (Å²) in [4.78, 5) is 20.0. The Morgan fingerprint density at radius 2 is 2.38 bits per heavy atom. The Morgan fingerprint density at radius 3 is 2.94 bits per heavy atom. The molecule has 0 unspecified atom stereocenters. The van der Waals surface area contributed by atoms with Gasteiger partial charge in [-0.25, -0.2) is 4.98 Å². The van der Waals surface area contributed by atoms with E-state index in [0.717, 1.165) is 0 Å². The van der Waals surface area contributed by atoms with E-state index < -0.39 is 5.97 Å². The predicted molar refractivity (Wildman–Crippen MR) is 58.8 cm³/mol. The highest BCUT2D eigenvalue weighted by molar-refractivity contribution is 6.29. The minimum Gasteiger partial charge on any atom is -0.480 e. The quantitative estimate of drug-likeness (QED) is 0.794. The number of carboxylic acids is 1. The Morgan fingerprint density at radius 1 is 1.62 bits per heavy atom. The zero-order valence-corrected chi connectivity index (χ0v) is 9.52. The van der Waals surface area contributed by atoms with Crippen molar-refractivity contribution in [2.75, 3.05) is 31.7 Å². The lowest BCUT2D eigenvalue weighted by Crippen LogP contribution is -2.33. The number of anilines is 1. The summed E-state index contributed by atoms with van der Waals surface area (Å²) in [6, 6.07) is 0. The van der Waals surface area contributed by atoms with Gasteiger partial charge in [0.2, 0.25) is 0 Å². The summed E-state index contributed by atoms with van der Waals surface area (Å²) in [5.74, 6) is -0.523. The lowest BCUT2D eigenvalue weighted by molar-refractivity contribution is -0.135. The molecule has 0 radical (unpaired) electrons. The van der Waals surface area contributed by atoms with Gasteiger partial charge in [-0.2, -0.15) is 0 Å². The molecule has 1 heterocycles. The molecule has 0 saturated carbocycles. The summed E-state index contributed by atoms with van der Waals surface area (Å²) in [6.07, 6.45) is 2.85. The van der Waals surface area contributed by atoms with Gasteiger partial charge in [0, 0.05) is 13.7 Å². The number of hydrogen-bond acceptors (Lipinski definition) is 5. The fourth-order valence-electron chi connectivity index (χ4n) is 1.12. The van der Waals surface area contributed by atoms with Gasteiger partial charge in [-0.1, -0.05) is 11.6 Å². The third-order valence-electron chi connectivity index (χ3n) is 1.81. The molecule has 1 aromatic heterocycles. The van der Waals surface area contributed by atoms with Crippen molar-refractivity contribution in [3.05, 3.63) is 17.5 Å². The molecule has 1 rings (SSSR count). The van der Waals surface area contributed by atoms with Crippen molar-refractivity contribution in [2.24, 2.45) is 0 Å². The fraction of sp³-hybridized carbons (Fsp3) is 0.444. The number of aromatic nitrogens is 2. The van der Waals surface area contributed by atoms with Gasteiger partial charge in [-0.05, 0) is 0 Å². The number of ether oxygens (including phenoxy) is 1. The number of hydrogen-bond donors (Lipinski definition) is 1. The fourth-order valence-corrected chi connectivity index (χ4v) is 1.27. The lowest BCUT2D eigenvalue weighted by Gasteiger charge is -2.20. The van der Waals surface area contributed by atoms with Gasteiger partial charge in [-0.3, -0.25) is 9.78 Å². The molecule has 1 N–H and O–H groups in total. The summed E-state index contributed by atoms with van der Waals surface area (Å²) >= 11 is 5.68. The summed E-state index contributed by atoms with van der Waals surface area (Å²) in [5, 5.41) is 8.98. The first-order valence-electron chi connectivity index (χ1n) is 4.56. The van der Waals surface area contributed by atoms with Gasteiger partial charge in [0.15, 0.2) is 0 Å². The summed E-state index contributed by atoms with van der Waals surface area (Å²) < 4.78 is 4.89. The Kier molecular flexibility index (Phi) is 4.94. The van der Waals surface area contributed by atoms with Gasteiger partial charge in [-0.15, -0.1) is 0 Å². The Balaban J connectivity index is 2.78. The van der Waals surface area contributed by atoms with Crippen LogP contribution in [0.1, 0.15) is 0 Å². The molecule has 0 aromatic carbocycles. The molecule has 0 fully saturated rings. The summed E-state index contributed by atoms with van der Waals surface area (Å²) in [6.45, 7) is 0.650. The Hall–Kier alpha value is -1.40. The number of carboxylic acid groups (broad SMARTS) is 1. The molecule has 1 aromatic rings. The highest BCUT2D eigenvalue weighted by atomic mass is 35.5. The maximum absolute atomic E-state index is 10.7. The molecular formula is C9H12ClN3O3. The van der Waals surface area contributed by atoms with E-state index >= 15 is 0 Å². The summed E-state index contributed by atoms with van der Waals surface area (Å²) in [7, 11) is 1.54. The molecule has 0 saturated heterocycles. The van der Waals surface area contributed by atoms with E-state index in [4.69, 9.17) is 21.4 Å². The Bertz CT molecular complexity index is 362. The van der Waals surface area contributed by atoms with Gasteiger partial charge < -0.3 is 14.7 Å². The SMILES string of the molecule is COCCN(CC(=O)O)c1cncc(Cl)n1. The molecule has 0 spiro atoms. The van der Waals surface area contributed by atoms with E-state index in [-0.39, 0.29) is 11.7 Å². The third-order valence-corrected chi connectivity index (χ3v) is 1.99. The van der Waals surface area contributed by atoms with Crippen molar-refractivity contribution < 1.29 is 14.6 Å². The van der Waals surface area contributed by atoms with E-state index in [1.165, 1.54) is 17.3 Å². The highest BCUT2D eigenvalue weighted by Crippen LogP contribution is 2.11. The second kappa shape index (κ2) is 6.24. The monoisotopic (exact) mass is 245 g/mol. The molecule has 88 valence electrons. The first-order valence-corrected chi connectivity index (χ1v) is 4.94. The van der Waals surface area contributed by atoms with E-state index in [0.29, 0.717) is 19.0 Å². The molecule has 7 heteroatoms. The molecule has 0 amide bonds. The van der Waals surface area contributed by atoms with E-state index in [2.05, 4.69) is 9.97 Å². The van der Waals surface area contributed by atoms with Crippen LogP contribution >= 0.6 is 11.6 Å². The number of nitrogens with zero attached hydrogens (tertiary/aromatic N) is 3. The third kappa shape index (κ3) is 4.00. The molecule has 6 nitrogen and oxygen atoms in total. The van der Waals surface area contributed by atoms with Gasteiger partial charge in [0.05, 0.1) is 19.0 Å². The highest BCUT2D eigenvalue weighted by Gasteiger charge is 2.12. The van der Waals surface area contributed by atoms with Gasteiger partial charge >= 0.3 is 5.97 Å². The maximum Gasteiger partial charge on any atom is 0.323 e. The molecule has 0 atom stereocenters. The van der Waals surface area contributed by atoms with E-state index in [9.17, 15) is 4.79 Å². The minimum absolute atomic E-state index is 0.168. The molecule has 0 aliphatic carbocycles. The van der Waals surface area contributed by atoms with Crippen LogP contribution in [-0.4, -0.2) is 47.8 Å². The normalized spacial score (nSPS) is 10.1. The zero-order valence-electron chi connectivity index (χ0n) is 8.76. The molecule has 16 heavy (non-hydrogen) atoms. The molecular weight excluding hydrogens is 234 g/mol. The van der Waals surface area contributed by atoms with Crippen LogP contribution < -0.4 is 4.90 Å². The number of carbonyl (C=O) groups is 1. The standard InChI is InChI=1S/C9H12ClN3O3/c1-16-3-2-13(6-9(14)15)8-5-11-4-7(10)12-8/h4-5H,2-3,6H2,1H3,(H,14,15). The maximum atomic E-state index is 10.7. The van der Waals surface area contributed by atoms with Crippen LogP contribution in [0.3, 0.4) is 0 Å². The average Bonchev–Trinajstić information content (AvgIpc) is 2.23. The number of methoxy groups -OCH3 is 1. The van der Waals surface area contributed by atoms with Crippen LogP contribution in [0.4, 0.5) is 5.82 Å². The van der Waals surface area contributed by atoms with E-state index in [1.807, 2.05) is 0 Å². The largest absolute Gasteiger partial charge is 0.480 e. The van der Waals surface area contributed by atoms with Crippen LogP contribution in [0, 0.1) is 0 Å². The smallest absolute Gasteiger partial charge is 0.323 e. The lowest BCUT2D eigenvalue weighted by atomic mass is 10.4. The average molecular weight is 246 g/mol. The molecule has 0 aliphatic rings. The number of halogens is 1. The first-order chi connectivity index (χ1) is 7.63. The van der Waals surface area contributed by atoms with Gasteiger partial charge in [0.25, 0.3) is 0 Å². The number of rotatable bonds is 6. The van der Waals surface area contributed by atoms with Crippen molar-refractivity contribution in [1.82, 2.24) is 9.97 Å². The van der Waals surface area contributed by atoms with Crippen LogP contribution in [-0.2, 0) is 9.53 Å². The van der Waals surface area contributed by atoms with Crippen molar-refractivity contribution in [3.8, 4) is 0 Å². The Labute approximate surface area is 97.8 Å². The zero-order chi connectivity index (χ0) is 12.0. The van der Waals surface area contributed by atoms with Crippen LogP contribution in [0.2, 0.25) is 5.15 Å². The van der Waals surface area contributed by atoms with Crippen LogP contribution in [0.5, 0.6) is 0 Å². The van der Waals surface area contributed by atoms with Crippen molar-refractivity contribution >= 4 is 23.4 Å². The van der Waals surface area contributed by atoms with Crippen molar-refractivity contribution in [2.45, 2.75) is 0 Å². The van der Waals surface area contributed by atoms with Crippen LogP contribution in [0.15, 0.2) is 12.4 Å². The summed E-state index contributed by atoms with van der Waals surface area (Å²) in [5.41, 5.74) is 0. The second-order valence-corrected chi connectivity index (χ2v) is 3.40. The molecule has 0 bridgehead atoms. The second-order valence-electron chi connectivity index (χ2n) is 3.01. The first kappa shape index (κ1) is 12.7. The van der Waals surface area contributed by atoms with Crippen molar-refractivity contribution in [3.63, 3.8) is 0 Å². The minimum atomic E-state index is -0.946. The van der Waals surface area contributed by atoms with E-state index in [1.54, 1.807) is 7.11 Å².